The normalized spacial score (nSPS) is 15.0. The van der Waals surface area contributed by atoms with Gasteiger partial charge < -0.3 is 14.5 Å². The number of ether oxygens (including phenoxy) is 1. The first-order valence-electron chi connectivity index (χ1n) is 8.92. The number of para-hydroxylation sites is 1. The molecule has 2 heterocycles. The third-order valence-corrected chi connectivity index (χ3v) is 4.56. The summed E-state index contributed by atoms with van der Waals surface area (Å²) in [5.74, 6) is 0.451. The Kier molecular flexibility index (Phi) is 5.00. The summed E-state index contributed by atoms with van der Waals surface area (Å²) in [6.07, 6.45) is 0. The molecule has 0 atom stereocenters. The standard InChI is InChI=1S/C21H20N2O4/c24-18-13-20(27-19-4-2-1-3-17(18)19)15-5-7-16(8-6-15)22-21(25)14-23-9-11-26-12-10-23/h1-8,13H,9-12,14H2,(H,22,25). The van der Waals surface area contributed by atoms with E-state index in [2.05, 4.69) is 10.2 Å². The molecule has 1 saturated heterocycles. The number of morpholine rings is 1. The van der Waals surface area contributed by atoms with Gasteiger partial charge in [-0.1, -0.05) is 12.1 Å². The van der Waals surface area contributed by atoms with Crippen molar-refractivity contribution in [1.82, 2.24) is 4.90 Å². The minimum Gasteiger partial charge on any atom is -0.456 e. The lowest BCUT2D eigenvalue weighted by atomic mass is 10.1. The number of amides is 1. The molecule has 1 amide bonds. The molecule has 0 bridgehead atoms. The van der Waals surface area contributed by atoms with Crippen LogP contribution in [0.1, 0.15) is 0 Å². The Bertz CT molecular complexity index is 1000. The number of nitrogens with one attached hydrogen (secondary N) is 1. The molecule has 3 aromatic rings. The third-order valence-electron chi connectivity index (χ3n) is 4.56. The highest BCUT2D eigenvalue weighted by molar-refractivity contribution is 5.92. The van der Waals surface area contributed by atoms with Crippen molar-refractivity contribution in [1.29, 1.82) is 0 Å². The topological polar surface area (TPSA) is 71.8 Å². The van der Waals surface area contributed by atoms with Crippen molar-refractivity contribution in [3.8, 4) is 11.3 Å². The van der Waals surface area contributed by atoms with Gasteiger partial charge in [0.05, 0.1) is 25.1 Å². The first-order chi connectivity index (χ1) is 13.2. The molecule has 6 heteroatoms. The molecule has 138 valence electrons. The summed E-state index contributed by atoms with van der Waals surface area (Å²) in [6, 6.07) is 15.9. The number of hydrogen-bond donors (Lipinski definition) is 1. The zero-order chi connectivity index (χ0) is 18.6. The number of fused-ring (bicyclic) bond motifs is 1. The fraction of sp³-hybridized carbons (Fsp3) is 0.238. The summed E-state index contributed by atoms with van der Waals surface area (Å²) in [6.45, 7) is 3.23. The maximum absolute atomic E-state index is 12.2. The predicted octanol–water partition coefficient (Wildman–Crippen LogP) is 2.73. The van der Waals surface area contributed by atoms with Crippen molar-refractivity contribution in [3.05, 3.63) is 64.8 Å². The Labute approximate surface area is 156 Å². The molecule has 6 nitrogen and oxygen atoms in total. The zero-order valence-electron chi connectivity index (χ0n) is 14.8. The molecule has 1 aliphatic rings. The summed E-state index contributed by atoms with van der Waals surface area (Å²) < 4.78 is 11.1. The van der Waals surface area contributed by atoms with Crippen LogP contribution in [0.15, 0.2) is 63.8 Å². The van der Waals surface area contributed by atoms with Crippen molar-refractivity contribution >= 4 is 22.6 Å². The number of hydrogen-bond acceptors (Lipinski definition) is 5. The molecule has 0 unspecified atom stereocenters. The van der Waals surface area contributed by atoms with E-state index in [-0.39, 0.29) is 11.3 Å². The Morgan fingerprint density at radius 1 is 1.04 bits per heavy atom. The van der Waals surface area contributed by atoms with Crippen LogP contribution < -0.4 is 10.7 Å². The SMILES string of the molecule is O=C(CN1CCOCC1)Nc1ccc(-c2cc(=O)c3ccccc3o2)cc1. The minimum absolute atomic E-state index is 0.0538. The molecule has 1 aromatic heterocycles. The van der Waals surface area contributed by atoms with E-state index in [1.165, 1.54) is 6.07 Å². The molecule has 2 aromatic carbocycles. The Morgan fingerprint density at radius 2 is 1.78 bits per heavy atom. The Morgan fingerprint density at radius 3 is 2.56 bits per heavy atom. The molecular formula is C21H20N2O4. The fourth-order valence-corrected chi connectivity index (χ4v) is 3.13. The summed E-state index contributed by atoms with van der Waals surface area (Å²) >= 11 is 0. The molecule has 1 fully saturated rings. The van der Waals surface area contributed by atoms with Crippen LogP contribution in [0.25, 0.3) is 22.3 Å². The number of rotatable bonds is 4. The van der Waals surface area contributed by atoms with Gasteiger partial charge >= 0.3 is 0 Å². The van der Waals surface area contributed by atoms with Gasteiger partial charge in [-0.05, 0) is 36.4 Å². The van der Waals surface area contributed by atoms with E-state index in [0.717, 1.165) is 18.7 Å². The second kappa shape index (κ2) is 7.73. The fourth-order valence-electron chi connectivity index (χ4n) is 3.13. The molecule has 4 rings (SSSR count). The number of benzene rings is 2. The van der Waals surface area contributed by atoms with E-state index < -0.39 is 0 Å². The van der Waals surface area contributed by atoms with Crippen LogP contribution >= 0.6 is 0 Å². The zero-order valence-corrected chi connectivity index (χ0v) is 14.8. The highest BCUT2D eigenvalue weighted by atomic mass is 16.5. The molecule has 0 spiro atoms. The minimum atomic E-state index is -0.0743. The molecule has 0 radical (unpaired) electrons. The van der Waals surface area contributed by atoms with Gasteiger partial charge in [0.2, 0.25) is 5.91 Å². The van der Waals surface area contributed by atoms with E-state index in [0.29, 0.717) is 42.2 Å². The highest BCUT2D eigenvalue weighted by Gasteiger charge is 2.14. The molecule has 27 heavy (non-hydrogen) atoms. The van der Waals surface area contributed by atoms with Gasteiger partial charge in [0.15, 0.2) is 5.43 Å². The van der Waals surface area contributed by atoms with Crippen LogP contribution in [0.3, 0.4) is 0 Å². The van der Waals surface area contributed by atoms with Gasteiger partial charge in [0.1, 0.15) is 11.3 Å². The van der Waals surface area contributed by atoms with Crippen molar-refractivity contribution in [3.63, 3.8) is 0 Å². The van der Waals surface area contributed by atoms with Crippen LogP contribution in [0, 0.1) is 0 Å². The van der Waals surface area contributed by atoms with Crippen molar-refractivity contribution < 1.29 is 13.9 Å². The lowest BCUT2D eigenvalue weighted by Crippen LogP contribution is -2.41. The van der Waals surface area contributed by atoms with E-state index in [9.17, 15) is 9.59 Å². The van der Waals surface area contributed by atoms with Crippen molar-refractivity contribution in [2.45, 2.75) is 0 Å². The summed E-state index contributed by atoms with van der Waals surface area (Å²) in [5, 5.41) is 3.46. The molecule has 0 aliphatic carbocycles. The first-order valence-corrected chi connectivity index (χ1v) is 8.92. The second-order valence-electron chi connectivity index (χ2n) is 6.49. The maximum atomic E-state index is 12.2. The average Bonchev–Trinajstić information content (AvgIpc) is 2.69. The predicted molar refractivity (Wildman–Crippen MR) is 104 cm³/mol. The monoisotopic (exact) mass is 364 g/mol. The van der Waals surface area contributed by atoms with Gasteiger partial charge in [-0.3, -0.25) is 14.5 Å². The first kappa shape index (κ1) is 17.5. The van der Waals surface area contributed by atoms with Gasteiger partial charge in [-0.15, -0.1) is 0 Å². The third kappa shape index (κ3) is 4.07. The molecular weight excluding hydrogens is 344 g/mol. The summed E-state index contributed by atoms with van der Waals surface area (Å²) in [5.41, 5.74) is 1.97. The van der Waals surface area contributed by atoms with Gasteiger partial charge in [-0.2, -0.15) is 0 Å². The average molecular weight is 364 g/mol. The largest absolute Gasteiger partial charge is 0.456 e. The van der Waals surface area contributed by atoms with E-state index >= 15 is 0 Å². The van der Waals surface area contributed by atoms with E-state index in [4.69, 9.17) is 9.15 Å². The molecule has 1 aliphatic heterocycles. The van der Waals surface area contributed by atoms with Crippen LogP contribution in [0.2, 0.25) is 0 Å². The van der Waals surface area contributed by atoms with Crippen molar-refractivity contribution in [2.24, 2.45) is 0 Å². The Hall–Kier alpha value is -2.96. The van der Waals surface area contributed by atoms with E-state index in [1.54, 1.807) is 12.1 Å². The van der Waals surface area contributed by atoms with E-state index in [1.807, 2.05) is 36.4 Å². The lowest BCUT2D eigenvalue weighted by molar-refractivity contribution is -0.118. The number of carbonyl (C=O) groups is 1. The van der Waals surface area contributed by atoms with Gasteiger partial charge in [0, 0.05) is 30.4 Å². The van der Waals surface area contributed by atoms with Gasteiger partial charge in [0.25, 0.3) is 0 Å². The maximum Gasteiger partial charge on any atom is 0.238 e. The molecule has 1 N–H and O–H groups in total. The Balaban J connectivity index is 1.47. The van der Waals surface area contributed by atoms with Crippen LogP contribution in [-0.4, -0.2) is 43.7 Å². The van der Waals surface area contributed by atoms with Gasteiger partial charge in [-0.25, -0.2) is 0 Å². The highest BCUT2D eigenvalue weighted by Crippen LogP contribution is 2.23. The number of anilines is 1. The summed E-state index contributed by atoms with van der Waals surface area (Å²) in [7, 11) is 0. The van der Waals surface area contributed by atoms with Crippen molar-refractivity contribution in [2.75, 3.05) is 38.2 Å². The lowest BCUT2D eigenvalue weighted by Gasteiger charge is -2.25. The number of nitrogens with zero attached hydrogens (tertiary/aromatic N) is 1. The smallest absolute Gasteiger partial charge is 0.238 e. The summed E-state index contributed by atoms with van der Waals surface area (Å²) in [4.78, 5) is 26.5. The quantitative estimate of drug-likeness (QED) is 0.771. The molecule has 0 saturated carbocycles. The van der Waals surface area contributed by atoms with Crippen LogP contribution in [0.4, 0.5) is 5.69 Å². The second-order valence-corrected chi connectivity index (χ2v) is 6.49. The number of carbonyl (C=O) groups excluding carboxylic acids is 1. The van der Waals surface area contributed by atoms with Crippen LogP contribution in [0.5, 0.6) is 0 Å². The van der Waals surface area contributed by atoms with Crippen LogP contribution in [-0.2, 0) is 9.53 Å².